The van der Waals surface area contributed by atoms with E-state index in [9.17, 15) is 9.59 Å². The van der Waals surface area contributed by atoms with E-state index < -0.39 is 18.5 Å². The van der Waals surface area contributed by atoms with Crippen LogP contribution in [0.4, 0.5) is 10.5 Å². The van der Waals surface area contributed by atoms with Gasteiger partial charge in [0.2, 0.25) is 0 Å². The van der Waals surface area contributed by atoms with Crippen LogP contribution >= 0.6 is 0 Å². The van der Waals surface area contributed by atoms with Crippen LogP contribution in [0, 0.1) is 0 Å². The minimum Gasteiger partial charge on any atom is -0.480 e. The summed E-state index contributed by atoms with van der Waals surface area (Å²) in [6, 6.07) is 5.27. The van der Waals surface area contributed by atoms with Crippen LogP contribution in [0.5, 0.6) is 0 Å². The molecule has 7 heteroatoms. The van der Waals surface area contributed by atoms with Crippen LogP contribution in [0.25, 0.3) is 10.9 Å². The van der Waals surface area contributed by atoms with Crippen molar-refractivity contribution < 1.29 is 14.7 Å². The molecule has 3 N–H and O–H groups in total. The van der Waals surface area contributed by atoms with Gasteiger partial charge in [-0.15, -0.1) is 0 Å². The van der Waals surface area contributed by atoms with E-state index in [-0.39, 0.29) is 6.04 Å². The first-order valence-electron chi connectivity index (χ1n) is 6.21. The SMILES string of the molecule is CC(C)Nc1ccc2cnn(C(=O)NCC(=O)O)c2c1. The molecule has 2 rings (SSSR count). The highest BCUT2D eigenvalue weighted by Gasteiger charge is 2.12. The lowest BCUT2D eigenvalue weighted by Gasteiger charge is -2.10. The van der Waals surface area contributed by atoms with Gasteiger partial charge in [-0.3, -0.25) is 4.79 Å². The van der Waals surface area contributed by atoms with E-state index in [0.29, 0.717) is 5.52 Å². The van der Waals surface area contributed by atoms with E-state index in [2.05, 4.69) is 15.7 Å². The lowest BCUT2D eigenvalue weighted by molar-refractivity contribution is -0.135. The minimum absolute atomic E-state index is 0.268. The summed E-state index contributed by atoms with van der Waals surface area (Å²) in [5.74, 6) is -1.10. The summed E-state index contributed by atoms with van der Waals surface area (Å²) in [7, 11) is 0. The van der Waals surface area contributed by atoms with E-state index in [4.69, 9.17) is 5.11 Å². The average Bonchev–Trinajstić information content (AvgIpc) is 2.78. The summed E-state index contributed by atoms with van der Waals surface area (Å²) >= 11 is 0. The Hall–Kier alpha value is -2.57. The van der Waals surface area contributed by atoms with Crippen molar-refractivity contribution in [3.05, 3.63) is 24.4 Å². The Morgan fingerprint density at radius 2 is 2.15 bits per heavy atom. The predicted molar refractivity (Wildman–Crippen MR) is 74.9 cm³/mol. The second kappa shape index (κ2) is 5.60. The van der Waals surface area contributed by atoms with Crippen LogP contribution in [-0.2, 0) is 4.79 Å². The molecular weight excluding hydrogens is 260 g/mol. The van der Waals surface area contributed by atoms with Gasteiger partial charge in [0.15, 0.2) is 0 Å². The van der Waals surface area contributed by atoms with E-state index in [0.717, 1.165) is 15.8 Å². The first-order valence-corrected chi connectivity index (χ1v) is 6.21. The van der Waals surface area contributed by atoms with Crippen LogP contribution in [0.2, 0.25) is 0 Å². The van der Waals surface area contributed by atoms with Gasteiger partial charge >= 0.3 is 12.0 Å². The smallest absolute Gasteiger partial charge is 0.343 e. The molecular formula is C13H16N4O3. The third-order valence-electron chi connectivity index (χ3n) is 2.61. The van der Waals surface area contributed by atoms with E-state index in [1.54, 1.807) is 6.20 Å². The Bertz CT molecular complexity index is 648. The molecule has 0 bridgehead atoms. The van der Waals surface area contributed by atoms with Crippen molar-refractivity contribution in [2.24, 2.45) is 0 Å². The zero-order chi connectivity index (χ0) is 14.7. The Labute approximate surface area is 115 Å². The predicted octanol–water partition coefficient (Wildman–Crippen LogP) is 1.50. The normalized spacial score (nSPS) is 10.8. The van der Waals surface area contributed by atoms with E-state index >= 15 is 0 Å². The summed E-state index contributed by atoms with van der Waals surface area (Å²) < 4.78 is 1.16. The fraction of sp³-hybridized carbons (Fsp3) is 0.308. The highest BCUT2D eigenvalue weighted by atomic mass is 16.4. The number of carbonyl (C=O) groups is 2. The van der Waals surface area contributed by atoms with Crippen LogP contribution < -0.4 is 10.6 Å². The second-order valence-electron chi connectivity index (χ2n) is 4.68. The van der Waals surface area contributed by atoms with Crippen molar-refractivity contribution in [2.45, 2.75) is 19.9 Å². The number of fused-ring (bicyclic) bond motifs is 1. The zero-order valence-corrected chi connectivity index (χ0v) is 11.3. The topological polar surface area (TPSA) is 96.3 Å². The third-order valence-corrected chi connectivity index (χ3v) is 2.61. The number of amides is 1. The molecule has 1 heterocycles. The number of hydrogen-bond acceptors (Lipinski definition) is 4. The molecule has 0 radical (unpaired) electrons. The molecule has 0 unspecified atom stereocenters. The lowest BCUT2D eigenvalue weighted by Crippen LogP contribution is -2.33. The number of carboxylic acid groups (broad SMARTS) is 1. The van der Waals surface area contributed by atoms with Gasteiger partial charge in [0, 0.05) is 17.1 Å². The molecule has 0 aliphatic rings. The monoisotopic (exact) mass is 276 g/mol. The number of benzene rings is 1. The fourth-order valence-electron chi connectivity index (χ4n) is 1.83. The summed E-state index contributed by atoms with van der Waals surface area (Å²) in [6.45, 7) is 3.59. The van der Waals surface area contributed by atoms with Gasteiger partial charge in [-0.1, -0.05) is 0 Å². The van der Waals surface area contributed by atoms with Gasteiger partial charge in [-0.2, -0.15) is 9.78 Å². The number of aliphatic carboxylic acids is 1. The molecule has 0 saturated heterocycles. The van der Waals surface area contributed by atoms with Crippen molar-refractivity contribution in [3.8, 4) is 0 Å². The van der Waals surface area contributed by atoms with Crippen molar-refractivity contribution in [2.75, 3.05) is 11.9 Å². The molecule has 1 aromatic carbocycles. The van der Waals surface area contributed by atoms with Crippen molar-refractivity contribution in [1.29, 1.82) is 0 Å². The Kier molecular flexibility index (Phi) is 3.88. The largest absolute Gasteiger partial charge is 0.480 e. The van der Waals surface area contributed by atoms with Crippen molar-refractivity contribution >= 4 is 28.6 Å². The molecule has 0 aliphatic carbocycles. The number of carboxylic acids is 1. The van der Waals surface area contributed by atoms with Gasteiger partial charge < -0.3 is 15.7 Å². The quantitative estimate of drug-likeness (QED) is 0.786. The molecule has 2 aromatic rings. The summed E-state index contributed by atoms with van der Waals surface area (Å²) in [4.78, 5) is 22.3. The van der Waals surface area contributed by atoms with Gasteiger partial charge in [0.25, 0.3) is 0 Å². The first kappa shape index (κ1) is 13.9. The number of aromatic nitrogens is 2. The molecule has 0 spiro atoms. The molecule has 1 aromatic heterocycles. The maximum atomic E-state index is 11.9. The van der Waals surface area contributed by atoms with Crippen LogP contribution in [-0.4, -0.2) is 39.5 Å². The number of carbonyl (C=O) groups excluding carboxylic acids is 1. The van der Waals surface area contributed by atoms with E-state index in [1.165, 1.54) is 0 Å². The van der Waals surface area contributed by atoms with Gasteiger partial charge in [-0.05, 0) is 32.0 Å². The standard InChI is InChI=1S/C13H16N4O3/c1-8(2)16-10-4-3-9-6-15-17(11(9)5-10)13(20)14-7-12(18)19/h3-6,8,16H,7H2,1-2H3,(H,14,20)(H,18,19). The second-order valence-corrected chi connectivity index (χ2v) is 4.68. The highest BCUT2D eigenvalue weighted by molar-refractivity contribution is 5.92. The number of nitrogens with zero attached hydrogens (tertiary/aromatic N) is 2. The summed E-state index contributed by atoms with van der Waals surface area (Å²) in [5, 5.41) is 18.9. The zero-order valence-electron chi connectivity index (χ0n) is 11.3. The highest BCUT2D eigenvalue weighted by Crippen LogP contribution is 2.19. The fourth-order valence-corrected chi connectivity index (χ4v) is 1.83. The van der Waals surface area contributed by atoms with Crippen LogP contribution in [0.15, 0.2) is 24.4 Å². The first-order chi connectivity index (χ1) is 9.47. The van der Waals surface area contributed by atoms with Gasteiger partial charge in [-0.25, -0.2) is 4.79 Å². The number of anilines is 1. The Morgan fingerprint density at radius 3 is 2.80 bits per heavy atom. The van der Waals surface area contributed by atoms with Gasteiger partial charge in [0.05, 0.1) is 11.7 Å². The van der Waals surface area contributed by atoms with Crippen molar-refractivity contribution in [3.63, 3.8) is 0 Å². The molecule has 0 fully saturated rings. The molecule has 20 heavy (non-hydrogen) atoms. The van der Waals surface area contributed by atoms with Crippen molar-refractivity contribution in [1.82, 2.24) is 15.1 Å². The van der Waals surface area contributed by atoms with E-state index in [1.807, 2.05) is 32.0 Å². The molecule has 7 nitrogen and oxygen atoms in total. The molecule has 106 valence electrons. The maximum Gasteiger partial charge on any atom is 0.343 e. The van der Waals surface area contributed by atoms with Crippen LogP contribution in [0.3, 0.4) is 0 Å². The molecule has 1 amide bonds. The maximum absolute atomic E-state index is 11.9. The number of hydrogen-bond donors (Lipinski definition) is 3. The Morgan fingerprint density at radius 1 is 1.40 bits per heavy atom. The number of nitrogens with one attached hydrogen (secondary N) is 2. The summed E-state index contributed by atoms with van der Waals surface area (Å²) in [5.41, 5.74) is 1.50. The third kappa shape index (κ3) is 3.05. The molecule has 0 saturated carbocycles. The molecule has 0 atom stereocenters. The average molecular weight is 276 g/mol. The van der Waals surface area contributed by atoms with Gasteiger partial charge in [0.1, 0.15) is 6.54 Å². The molecule has 0 aliphatic heterocycles. The minimum atomic E-state index is -1.10. The summed E-state index contributed by atoms with van der Waals surface area (Å²) in [6.07, 6.45) is 1.56. The number of rotatable bonds is 4. The Balaban J connectivity index is 2.29. The van der Waals surface area contributed by atoms with Crippen LogP contribution in [0.1, 0.15) is 13.8 Å². The lowest BCUT2D eigenvalue weighted by atomic mass is 10.2.